The van der Waals surface area contributed by atoms with Crippen LogP contribution in [-0.4, -0.2) is 35.6 Å². The van der Waals surface area contributed by atoms with Crippen molar-refractivity contribution < 1.29 is 22.7 Å². The SMILES string of the molecule is CN(Cc1ccccc1)C(=O)c1ccc(OCC(F)(F)F)nc1. The standard InChI is InChI=1S/C16H15F3N2O2/c1-21(10-12-5-3-2-4-6-12)15(22)13-7-8-14(20-9-13)23-11-16(17,18)19/h2-9H,10-11H2,1H3. The van der Waals surface area contributed by atoms with Gasteiger partial charge in [0.2, 0.25) is 5.88 Å². The van der Waals surface area contributed by atoms with Crippen LogP contribution in [0.25, 0.3) is 0 Å². The first-order chi connectivity index (χ1) is 10.8. The first-order valence-corrected chi connectivity index (χ1v) is 6.80. The van der Waals surface area contributed by atoms with Gasteiger partial charge in [-0.15, -0.1) is 0 Å². The zero-order valence-corrected chi connectivity index (χ0v) is 12.4. The van der Waals surface area contributed by atoms with Crippen LogP contribution in [0.1, 0.15) is 15.9 Å². The number of nitrogens with zero attached hydrogens (tertiary/aromatic N) is 2. The van der Waals surface area contributed by atoms with E-state index in [1.807, 2.05) is 30.3 Å². The molecule has 0 aliphatic heterocycles. The molecule has 2 rings (SSSR count). The molecule has 0 atom stereocenters. The zero-order chi connectivity index (χ0) is 16.9. The molecular formula is C16H15F3N2O2. The van der Waals surface area contributed by atoms with E-state index in [9.17, 15) is 18.0 Å². The van der Waals surface area contributed by atoms with Crippen molar-refractivity contribution in [2.45, 2.75) is 12.7 Å². The highest BCUT2D eigenvalue weighted by molar-refractivity contribution is 5.93. The van der Waals surface area contributed by atoms with Crippen molar-refractivity contribution >= 4 is 5.91 Å². The number of pyridine rings is 1. The second kappa shape index (κ2) is 7.13. The highest BCUT2D eigenvalue weighted by Gasteiger charge is 2.28. The molecule has 1 aromatic heterocycles. The van der Waals surface area contributed by atoms with E-state index in [4.69, 9.17) is 0 Å². The van der Waals surface area contributed by atoms with Crippen LogP contribution in [0.5, 0.6) is 5.88 Å². The third kappa shape index (κ3) is 5.28. The van der Waals surface area contributed by atoms with E-state index in [1.165, 1.54) is 23.2 Å². The van der Waals surface area contributed by atoms with Crippen LogP contribution in [-0.2, 0) is 6.54 Å². The van der Waals surface area contributed by atoms with E-state index in [2.05, 4.69) is 9.72 Å². The van der Waals surface area contributed by atoms with Gasteiger partial charge in [0.25, 0.3) is 5.91 Å². The number of carbonyl (C=O) groups excluding carboxylic acids is 1. The molecule has 0 bridgehead atoms. The van der Waals surface area contributed by atoms with Crippen LogP contribution >= 0.6 is 0 Å². The molecule has 0 spiro atoms. The van der Waals surface area contributed by atoms with Crippen molar-refractivity contribution in [3.05, 3.63) is 59.8 Å². The molecule has 23 heavy (non-hydrogen) atoms. The van der Waals surface area contributed by atoms with E-state index >= 15 is 0 Å². The predicted octanol–water partition coefficient (Wildman–Crippen LogP) is 3.29. The first kappa shape index (κ1) is 16.8. The number of hydrogen-bond donors (Lipinski definition) is 0. The van der Waals surface area contributed by atoms with Gasteiger partial charge in [0, 0.05) is 25.9 Å². The number of hydrogen-bond acceptors (Lipinski definition) is 3. The quantitative estimate of drug-likeness (QED) is 0.847. The van der Waals surface area contributed by atoms with Gasteiger partial charge >= 0.3 is 6.18 Å². The van der Waals surface area contributed by atoms with E-state index in [0.717, 1.165) is 5.56 Å². The minimum Gasteiger partial charge on any atom is -0.468 e. The number of amides is 1. The van der Waals surface area contributed by atoms with Crippen molar-refractivity contribution in [2.24, 2.45) is 0 Å². The van der Waals surface area contributed by atoms with Crippen molar-refractivity contribution in [1.82, 2.24) is 9.88 Å². The smallest absolute Gasteiger partial charge is 0.422 e. The molecule has 0 N–H and O–H groups in total. The van der Waals surface area contributed by atoms with Crippen LogP contribution in [0.15, 0.2) is 48.7 Å². The van der Waals surface area contributed by atoms with Gasteiger partial charge in [-0.1, -0.05) is 30.3 Å². The van der Waals surface area contributed by atoms with Crippen LogP contribution in [0, 0.1) is 0 Å². The van der Waals surface area contributed by atoms with Gasteiger partial charge in [0.15, 0.2) is 6.61 Å². The molecule has 1 aromatic carbocycles. The number of ether oxygens (including phenoxy) is 1. The zero-order valence-electron chi connectivity index (χ0n) is 12.4. The van der Waals surface area contributed by atoms with Crippen molar-refractivity contribution in [3.8, 4) is 5.88 Å². The predicted molar refractivity (Wildman–Crippen MR) is 78.0 cm³/mol. The molecule has 1 amide bonds. The highest BCUT2D eigenvalue weighted by Crippen LogP contribution is 2.17. The fraction of sp³-hybridized carbons (Fsp3) is 0.250. The summed E-state index contributed by atoms with van der Waals surface area (Å²) < 4.78 is 40.6. The van der Waals surface area contributed by atoms with Gasteiger partial charge in [0.1, 0.15) is 0 Å². The molecule has 122 valence electrons. The summed E-state index contributed by atoms with van der Waals surface area (Å²) in [6, 6.07) is 12.1. The van der Waals surface area contributed by atoms with Crippen molar-refractivity contribution in [1.29, 1.82) is 0 Å². The number of carbonyl (C=O) groups is 1. The number of rotatable bonds is 5. The van der Waals surface area contributed by atoms with Crippen LogP contribution < -0.4 is 4.74 Å². The van der Waals surface area contributed by atoms with Gasteiger partial charge < -0.3 is 9.64 Å². The maximum absolute atomic E-state index is 12.2. The Morgan fingerprint density at radius 1 is 1.17 bits per heavy atom. The Bertz CT molecular complexity index is 643. The van der Waals surface area contributed by atoms with Crippen LogP contribution in [0.2, 0.25) is 0 Å². The fourth-order valence-corrected chi connectivity index (χ4v) is 1.90. The van der Waals surface area contributed by atoms with Gasteiger partial charge in [0.05, 0.1) is 5.56 Å². The fourth-order valence-electron chi connectivity index (χ4n) is 1.90. The lowest BCUT2D eigenvalue weighted by molar-refractivity contribution is -0.154. The molecule has 4 nitrogen and oxygen atoms in total. The van der Waals surface area contributed by atoms with Crippen LogP contribution in [0.4, 0.5) is 13.2 Å². The number of aromatic nitrogens is 1. The summed E-state index contributed by atoms with van der Waals surface area (Å²) in [5.41, 5.74) is 1.25. The average molecular weight is 324 g/mol. The average Bonchev–Trinajstić information content (AvgIpc) is 2.53. The van der Waals surface area contributed by atoms with E-state index in [0.29, 0.717) is 6.54 Å². The van der Waals surface area contributed by atoms with Gasteiger partial charge in [-0.25, -0.2) is 4.98 Å². The van der Waals surface area contributed by atoms with Crippen molar-refractivity contribution in [3.63, 3.8) is 0 Å². The van der Waals surface area contributed by atoms with E-state index in [-0.39, 0.29) is 17.4 Å². The summed E-state index contributed by atoms with van der Waals surface area (Å²) in [5.74, 6) is -0.451. The minimum atomic E-state index is -4.42. The van der Waals surface area contributed by atoms with Crippen molar-refractivity contribution in [2.75, 3.05) is 13.7 Å². The second-order valence-corrected chi connectivity index (χ2v) is 4.94. The Morgan fingerprint density at radius 3 is 2.43 bits per heavy atom. The first-order valence-electron chi connectivity index (χ1n) is 6.80. The molecule has 0 saturated carbocycles. The molecule has 0 aliphatic carbocycles. The molecule has 2 aromatic rings. The Hall–Kier alpha value is -2.57. The number of alkyl halides is 3. The van der Waals surface area contributed by atoms with E-state index in [1.54, 1.807) is 7.05 Å². The Balaban J connectivity index is 1.97. The summed E-state index contributed by atoms with van der Waals surface area (Å²) in [6.45, 7) is -0.993. The minimum absolute atomic E-state index is 0.176. The van der Waals surface area contributed by atoms with Gasteiger partial charge in [-0.2, -0.15) is 13.2 Å². The topological polar surface area (TPSA) is 42.4 Å². The Labute approximate surface area is 131 Å². The van der Waals surface area contributed by atoms with Gasteiger partial charge in [-0.3, -0.25) is 4.79 Å². The van der Waals surface area contributed by atoms with Gasteiger partial charge in [-0.05, 0) is 11.6 Å². The normalized spacial score (nSPS) is 11.1. The third-order valence-electron chi connectivity index (χ3n) is 2.98. The monoisotopic (exact) mass is 324 g/mol. The van der Waals surface area contributed by atoms with Crippen LogP contribution in [0.3, 0.4) is 0 Å². The molecule has 1 heterocycles. The number of halogens is 3. The molecule has 0 radical (unpaired) electrons. The third-order valence-corrected chi connectivity index (χ3v) is 2.98. The largest absolute Gasteiger partial charge is 0.468 e. The lowest BCUT2D eigenvalue weighted by atomic mass is 10.2. The summed E-state index contributed by atoms with van der Waals surface area (Å²) in [5, 5.41) is 0. The molecule has 0 saturated heterocycles. The second-order valence-electron chi connectivity index (χ2n) is 4.94. The Morgan fingerprint density at radius 2 is 1.87 bits per heavy atom. The lowest BCUT2D eigenvalue weighted by Crippen LogP contribution is -2.26. The summed E-state index contributed by atoms with van der Waals surface area (Å²) >= 11 is 0. The number of benzene rings is 1. The Kier molecular flexibility index (Phi) is 5.20. The summed E-state index contributed by atoms with van der Waals surface area (Å²) in [4.78, 5) is 17.5. The summed E-state index contributed by atoms with van der Waals surface area (Å²) in [7, 11) is 1.64. The molecular weight excluding hydrogens is 309 g/mol. The van der Waals surface area contributed by atoms with E-state index < -0.39 is 12.8 Å². The maximum Gasteiger partial charge on any atom is 0.422 e. The molecule has 0 unspecified atom stereocenters. The summed E-state index contributed by atoms with van der Waals surface area (Å²) in [6.07, 6.45) is -3.22. The molecule has 0 aliphatic rings. The lowest BCUT2D eigenvalue weighted by Gasteiger charge is -2.17. The molecule has 7 heteroatoms. The molecule has 0 fully saturated rings. The highest BCUT2D eigenvalue weighted by atomic mass is 19.4. The maximum atomic E-state index is 12.2.